The standard InChI is InChI=1S/C23H23N3O4S/c1-15-7-4-5-10-21(15)26-31(29,30)22-13-18(12-11-16(22)2)23(28)25-20-9-6-8-19(14-20)24-17(3)27/h4-14,26H,1-3H3,(H,24,27)(H,25,28). The van der Waals surface area contributed by atoms with Gasteiger partial charge in [0.25, 0.3) is 15.9 Å². The smallest absolute Gasteiger partial charge is 0.262 e. The summed E-state index contributed by atoms with van der Waals surface area (Å²) in [6.45, 7) is 4.87. The van der Waals surface area contributed by atoms with Crippen LogP contribution in [0.15, 0.2) is 71.6 Å². The third kappa shape index (κ3) is 5.49. The van der Waals surface area contributed by atoms with Crippen LogP contribution in [0.2, 0.25) is 0 Å². The summed E-state index contributed by atoms with van der Waals surface area (Å²) in [6, 6.07) is 18.3. The molecule has 0 aromatic heterocycles. The number of nitrogens with one attached hydrogen (secondary N) is 3. The zero-order valence-electron chi connectivity index (χ0n) is 17.4. The van der Waals surface area contributed by atoms with Crippen LogP contribution in [0.1, 0.15) is 28.4 Å². The monoisotopic (exact) mass is 437 g/mol. The minimum absolute atomic E-state index is 0.0235. The molecule has 0 heterocycles. The molecule has 31 heavy (non-hydrogen) atoms. The molecule has 0 bridgehead atoms. The number of carbonyl (C=O) groups excluding carboxylic acids is 2. The molecule has 0 aliphatic rings. The Hall–Kier alpha value is -3.65. The maximum Gasteiger partial charge on any atom is 0.262 e. The Morgan fingerprint density at radius 2 is 1.45 bits per heavy atom. The molecule has 3 aromatic carbocycles. The van der Waals surface area contributed by atoms with Gasteiger partial charge in [0.2, 0.25) is 5.91 Å². The quantitative estimate of drug-likeness (QED) is 0.534. The van der Waals surface area contributed by atoms with Gasteiger partial charge < -0.3 is 10.6 Å². The summed E-state index contributed by atoms with van der Waals surface area (Å²) in [4.78, 5) is 24.0. The number of aryl methyl sites for hydroxylation is 2. The van der Waals surface area contributed by atoms with Crippen molar-refractivity contribution in [2.75, 3.05) is 15.4 Å². The summed E-state index contributed by atoms with van der Waals surface area (Å²) in [6.07, 6.45) is 0. The number of para-hydroxylation sites is 1. The van der Waals surface area contributed by atoms with Crippen LogP contribution < -0.4 is 15.4 Å². The second-order valence-corrected chi connectivity index (χ2v) is 8.77. The Morgan fingerprint density at radius 1 is 0.774 bits per heavy atom. The van der Waals surface area contributed by atoms with Crippen molar-refractivity contribution in [3.8, 4) is 0 Å². The van der Waals surface area contributed by atoms with Crippen molar-refractivity contribution in [1.29, 1.82) is 0 Å². The van der Waals surface area contributed by atoms with Gasteiger partial charge in [0.15, 0.2) is 0 Å². The van der Waals surface area contributed by atoms with Crippen molar-refractivity contribution in [3.63, 3.8) is 0 Å². The van der Waals surface area contributed by atoms with E-state index in [2.05, 4.69) is 15.4 Å². The van der Waals surface area contributed by atoms with Gasteiger partial charge in [0, 0.05) is 23.9 Å². The average Bonchev–Trinajstić information content (AvgIpc) is 2.69. The topological polar surface area (TPSA) is 104 Å². The van der Waals surface area contributed by atoms with Crippen LogP contribution >= 0.6 is 0 Å². The van der Waals surface area contributed by atoms with Gasteiger partial charge in [0.1, 0.15) is 0 Å². The summed E-state index contributed by atoms with van der Waals surface area (Å²) in [5.74, 6) is -0.690. The summed E-state index contributed by atoms with van der Waals surface area (Å²) in [7, 11) is -3.89. The van der Waals surface area contributed by atoms with E-state index in [9.17, 15) is 18.0 Å². The number of benzene rings is 3. The fourth-order valence-corrected chi connectivity index (χ4v) is 4.40. The SMILES string of the molecule is CC(=O)Nc1cccc(NC(=O)c2ccc(C)c(S(=O)(=O)Nc3ccccc3C)c2)c1. The van der Waals surface area contributed by atoms with E-state index >= 15 is 0 Å². The van der Waals surface area contributed by atoms with Gasteiger partial charge in [-0.1, -0.05) is 30.3 Å². The summed E-state index contributed by atoms with van der Waals surface area (Å²) in [5, 5.41) is 5.37. The Kier molecular flexibility index (Phi) is 6.41. The number of sulfonamides is 1. The number of carbonyl (C=O) groups is 2. The molecule has 0 saturated carbocycles. The highest BCUT2D eigenvalue weighted by Crippen LogP contribution is 2.23. The number of hydrogen-bond donors (Lipinski definition) is 3. The minimum Gasteiger partial charge on any atom is -0.326 e. The van der Waals surface area contributed by atoms with Crippen LogP contribution in [-0.2, 0) is 14.8 Å². The molecule has 0 aliphatic heterocycles. The first-order valence-corrected chi connectivity index (χ1v) is 11.0. The first-order valence-electron chi connectivity index (χ1n) is 9.54. The summed E-state index contributed by atoms with van der Waals surface area (Å²) in [5.41, 5.74) is 2.99. The molecule has 2 amide bonds. The highest BCUT2D eigenvalue weighted by Gasteiger charge is 2.20. The first kappa shape index (κ1) is 22.0. The van der Waals surface area contributed by atoms with Gasteiger partial charge in [-0.2, -0.15) is 0 Å². The maximum atomic E-state index is 13.0. The van der Waals surface area contributed by atoms with E-state index in [-0.39, 0.29) is 16.4 Å². The summed E-state index contributed by atoms with van der Waals surface area (Å²) < 4.78 is 28.5. The van der Waals surface area contributed by atoms with E-state index in [1.165, 1.54) is 13.0 Å². The number of amides is 2. The lowest BCUT2D eigenvalue weighted by atomic mass is 10.1. The zero-order chi connectivity index (χ0) is 22.6. The van der Waals surface area contributed by atoms with Crippen molar-refractivity contribution < 1.29 is 18.0 Å². The number of anilines is 3. The molecule has 0 saturated heterocycles. The molecular formula is C23H23N3O4S. The summed E-state index contributed by atoms with van der Waals surface area (Å²) >= 11 is 0. The molecule has 160 valence electrons. The van der Waals surface area contributed by atoms with E-state index in [0.717, 1.165) is 5.56 Å². The largest absolute Gasteiger partial charge is 0.326 e. The van der Waals surface area contributed by atoms with E-state index in [1.807, 2.05) is 19.1 Å². The Bertz CT molecular complexity index is 1250. The van der Waals surface area contributed by atoms with Gasteiger partial charge in [-0.15, -0.1) is 0 Å². The van der Waals surface area contributed by atoms with Crippen molar-refractivity contribution in [2.24, 2.45) is 0 Å². The van der Waals surface area contributed by atoms with Crippen molar-refractivity contribution in [1.82, 2.24) is 0 Å². The molecule has 7 nitrogen and oxygen atoms in total. The molecule has 0 spiro atoms. The normalized spacial score (nSPS) is 10.9. The molecule has 0 atom stereocenters. The van der Waals surface area contributed by atoms with Crippen molar-refractivity contribution in [3.05, 3.63) is 83.4 Å². The Balaban J connectivity index is 1.86. The Labute approximate surface area is 181 Å². The molecule has 3 N–H and O–H groups in total. The lowest BCUT2D eigenvalue weighted by Gasteiger charge is -2.14. The van der Waals surface area contributed by atoms with Gasteiger partial charge in [0.05, 0.1) is 10.6 Å². The third-order valence-electron chi connectivity index (χ3n) is 4.57. The molecule has 0 fully saturated rings. The highest BCUT2D eigenvalue weighted by atomic mass is 32.2. The Morgan fingerprint density at radius 3 is 2.13 bits per heavy atom. The highest BCUT2D eigenvalue weighted by molar-refractivity contribution is 7.92. The molecule has 0 unspecified atom stereocenters. The molecule has 8 heteroatoms. The van der Waals surface area contributed by atoms with Crippen molar-refractivity contribution >= 4 is 38.9 Å². The number of hydrogen-bond acceptors (Lipinski definition) is 4. The lowest BCUT2D eigenvalue weighted by molar-refractivity contribution is -0.114. The minimum atomic E-state index is -3.89. The van der Waals surface area contributed by atoms with E-state index in [4.69, 9.17) is 0 Å². The van der Waals surface area contributed by atoms with Gasteiger partial charge in [-0.3, -0.25) is 14.3 Å². The zero-order valence-corrected chi connectivity index (χ0v) is 18.2. The predicted molar refractivity (Wildman–Crippen MR) is 122 cm³/mol. The molecule has 3 rings (SSSR count). The second-order valence-electron chi connectivity index (χ2n) is 7.12. The van der Waals surface area contributed by atoms with Gasteiger partial charge >= 0.3 is 0 Å². The van der Waals surface area contributed by atoms with Crippen LogP contribution in [0.25, 0.3) is 0 Å². The maximum absolute atomic E-state index is 13.0. The van der Waals surface area contributed by atoms with Gasteiger partial charge in [-0.05, 0) is 61.4 Å². The van der Waals surface area contributed by atoms with Crippen LogP contribution in [0.5, 0.6) is 0 Å². The molecular weight excluding hydrogens is 414 g/mol. The van der Waals surface area contributed by atoms with Crippen LogP contribution in [0.3, 0.4) is 0 Å². The molecule has 0 radical (unpaired) electrons. The number of rotatable bonds is 6. The molecule has 0 aliphatic carbocycles. The fourth-order valence-electron chi connectivity index (χ4n) is 3.00. The van der Waals surface area contributed by atoms with E-state index in [0.29, 0.717) is 22.6 Å². The first-order chi connectivity index (χ1) is 14.7. The molecule has 3 aromatic rings. The third-order valence-corrected chi connectivity index (χ3v) is 6.08. The predicted octanol–water partition coefficient (Wildman–Crippen LogP) is 4.31. The van der Waals surface area contributed by atoms with Crippen molar-refractivity contribution in [2.45, 2.75) is 25.7 Å². The van der Waals surface area contributed by atoms with Crippen LogP contribution in [0.4, 0.5) is 17.1 Å². The van der Waals surface area contributed by atoms with Crippen LogP contribution in [-0.4, -0.2) is 20.2 Å². The van der Waals surface area contributed by atoms with E-state index < -0.39 is 15.9 Å². The van der Waals surface area contributed by atoms with E-state index in [1.54, 1.807) is 55.5 Å². The fraction of sp³-hybridized carbons (Fsp3) is 0.130. The lowest BCUT2D eigenvalue weighted by Crippen LogP contribution is -2.17. The second kappa shape index (κ2) is 9.01. The van der Waals surface area contributed by atoms with Crippen LogP contribution in [0, 0.1) is 13.8 Å². The average molecular weight is 438 g/mol. The van der Waals surface area contributed by atoms with Gasteiger partial charge in [-0.25, -0.2) is 8.42 Å².